The van der Waals surface area contributed by atoms with Crippen molar-refractivity contribution in [2.24, 2.45) is 0 Å². The zero-order valence-electron chi connectivity index (χ0n) is 15.2. The number of hydrogen-bond acceptors (Lipinski definition) is 4. The fourth-order valence-corrected chi connectivity index (χ4v) is 3.73. The molecule has 0 radical (unpaired) electrons. The first kappa shape index (κ1) is 16.8. The molecule has 136 valence electrons. The molecule has 2 aromatic rings. The molecule has 0 saturated heterocycles. The summed E-state index contributed by atoms with van der Waals surface area (Å²) in [5.41, 5.74) is 4.19. The molecule has 0 bridgehead atoms. The van der Waals surface area contributed by atoms with Gasteiger partial charge in [0.05, 0.1) is 20.8 Å². The van der Waals surface area contributed by atoms with Gasteiger partial charge in [-0.25, -0.2) is 0 Å². The van der Waals surface area contributed by atoms with Crippen molar-refractivity contribution >= 4 is 5.91 Å². The standard InChI is InChI=1S/C21H23NO4/c1-24-19-11-14-7-8-22(13-17(14)12-20(19)25-2)21(23)16-5-6-18-15(10-16)4-3-9-26-18/h5-6,10-12H,3-4,7-9,13H2,1-2H3. The second kappa shape index (κ2) is 6.90. The molecule has 0 spiro atoms. The van der Waals surface area contributed by atoms with Gasteiger partial charge >= 0.3 is 0 Å². The molecule has 0 fully saturated rings. The molecule has 2 aliphatic heterocycles. The Morgan fingerprint density at radius 1 is 1.00 bits per heavy atom. The van der Waals surface area contributed by atoms with Gasteiger partial charge in [0.2, 0.25) is 0 Å². The van der Waals surface area contributed by atoms with E-state index in [1.165, 1.54) is 5.56 Å². The van der Waals surface area contributed by atoms with Crippen molar-refractivity contribution in [3.8, 4) is 17.2 Å². The zero-order chi connectivity index (χ0) is 18.1. The second-order valence-electron chi connectivity index (χ2n) is 6.73. The summed E-state index contributed by atoms with van der Waals surface area (Å²) in [6.45, 7) is 2.05. The molecule has 5 heteroatoms. The van der Waals surface area contributed by atoms with Crippen LogP contribution < -0.4 is 14.2 Å². The molecule has 0 N–H and O–H groups in total. The number of rotatable bonds is 3. The Labute approximate surface area is 153 Å². The minimum atomic E-state index is 0.0683. The van der Waals surface area contributed by atoms with Gasteiger partial charge in [-0.2, -0.15) is 0 Å². The van der Waals surface area contributed by atoms with Crippen LogP contribution in [0.3, 0.4) is 0 Å². The van der Waals surface area contributed by atoms with Gasteiger partial charge in [0.1, 0.15) is 5.75 Å². The number of benzene rings is 2. The lowest BCUT2D eigenvalue weighted by atomic mass is 9.97. The number of amides is 1. The fourth-order valence-electron chi connectivity index (χ4n) is 3.73. The molecule has 0 aromatic heterocycles. The van der Waals surface area contributed by atoms with Gasteiger partial charge in [0.25, 0.3) is 5.91 Å². The molecule has 4 rings (SSSR count). The Kier molecular flexibility index (Phi) is 4.45. The molecule has 0 atom stereocenters. The summed E-state index contributed by atoms with van der Waals surface area (Å²) in [5, 5.41) is 0. The van der Waals surface area contributed by atoms with Gasteiger partial charge < -0.3 is 19.1 Å². The number of carbonyl (C=O) groups is 1. The van der Waals surface area contributed by atoms with E-state index < -0.39 is 0 Å². The zero-order valence-corrected chi connectivity index (χ0v) is 15.2. The molecular formula is C21H23NO4. The number of hydrogen-bond donors (Lipinski definition) is 0. The number of ether oxygens (including phenoxy) is 3. The van der Waals surface area contributed by atoms with Gasteiger partial charge in [-0.3, -0.25) is 4.79 Å². The van der Waals surface area contributed by atoms with Crippen LogP contribution in [0.4, 0.5) is 0 Å². The minimum Gasteiger partial charge on any atom is -0.493 e. The molecule has 26 heavy (non-hydrogen) atoms. The highest BCUT2D eigenvalue weighted by Crippen LogP contribution is 2.34. The van der Waals surface area contributed by atoms with Crippen molar-refractivity contribution in [1.29, 1.82) is 0 Å². The highest BCUT2D eigenvalue weighted by Gasteiger charge is 2.24. The van der Waals surface area contributed by atoms with Crippen molar-refractivity contribution in [3.05, 3.63) is 52.6 Å². The summed E-state index contributed by atoms with van der Waals surface area (Å²) in [4.78, 5) is 14.9. The second-order valence-corrected chi connectivity index (χ2v) is 6.73. The normalized spacial score (nSPS) is 15.5. The molecule has 0 aliphatic carbocycles. The van der Waals surface area contributed by atoms with Gasteiger partial charge in [-0.1, -0.05) is 0 Å². The van der Waals surface area contributed by atoms with E-state index in [1.54, 1.807) is 14.2 Å². The lowest BCUT2D eigenvalue weighted by molar-refractivity contribution is 0.0734. The van der Waals surface area contributed by atoms with Crippen LogP contribution in [0.5, 0.6) is 17.2 Å². The Morgan fingerprint density at radius 2 is 1.77 bits per heavy atom. The maximum Gasteiger partial charge on any atom is 0.254 e. The quantitative estimate of drug-likeness (QED) is 0.850. The highest BCUT2D eigenvalue weighted by atomic mass is 16.5. The van der Waals surface area contributed by atoms with Crippen molar-refractivity contribution < 1.29 is 19.0 Å². The summed E-state index contributed by atoms with van der Waals surface area (Å²) in [5.74, 6) is 2.42. The predicted molar refractivity (Wildman–Crippen MR) is 98.2 cm³/mol. The van der Waals surface area contributed by atoms with E-state index >= 15 is 0 Å². The van der Waals surface area contributed by atoms with Gasteiger partial charge in [-0.05, 0) is 66.3 Å². The van der Waals surface area contributed by atoms with Crippen LogP contribution in [0.2, 0.25) is 0 Å². The summed E-state index contributed by atoms with van der Waals surface area (Å²) < 4.78 is 16.4. The van der Waals surface area contributed by atoms with Crippen LogP contribution in [0.1, 0.15) is 33.5 Å². The third kappa shape index (κ3) is 2.98. The van der Waals surface area contributed by atoms with Crippen molar-refractivity contribution in [1.82, 2.24) is 4.90 Å². The van der Waals surface area contributed by atoms with E-state index in [0.717, 1.165) is 54.1 Å². The van der Waals surface area contributed by atoms with Gasteiger partial charge in [0.15, 0.2) is 11.5 Å². The number of methoxy groups -OCH3 is 2. The van der Waals surface area contributed by atoms with Crippen molar-refractivity contribution in [2.45, 2.75) is 25.8 Å². The van der Waals surface area contributed by atoms with Crippen LogP contribution in [-0.2, 0) is 19.4 Å². The topological polar surface area (TPSA) is 48.0 Å². The number of carbonyl (C=O) groups excluding carboxylic acids is 1. The van der Waals surface area contributed by atoms with E-state index in [0.29, 0.717) is 18.8 Å². The summed E-state index contributed by atoms with van der Waals surface area (Å²) in [7, 11) is 3.27. The molecular weight excluding hydrogens is 330 g/mol. The molecule has 2 aromatic carbocycles. The van der Waals surface area contributed by atoms with Crippen molar-refractivity contribution in [2.75, 3.05) is 27.4 Å². The Bertz CT molecular complexity index is 846. The Hall–Kier alpha value is -2.69. The highest BCUT2D eigenvalue weighted by molar-refractivity contribution is 5.94. The molecule has 0 unspecified atom stereocenters. The third-order valence-corrected chi connectivity index (χ3v) is 5.16. The molecule has 2 aliphatic rings. The van der Waals surface area contributed by atoms with Crippen LogP contribution >= 0.6 is 0 Å². The van der Waals surface area contributed by atoms with E-state index in [1.807, 2.05) is 35.2 Å². The van der Waals surface area contributed by atoms with E-state index in [2.05, 4.69) is 0 Å². The lowest BCUT2D eigenvalue weighted by Gasteiger charge is -2.30. The average molecular weight is 353 g/mol. The molecule has 5 nitrogen and oxygen atoms in total. The largest absolute Gasteiger partial charge is 0.493 e. The van der Waals surface area contributed by atoms with E-state index in [9.17, 15) is 4.79 Å². The SMILES string of the molecule is COc1cc2c(cc1OC)CN(C(=O)c1ccc3c(c1)CCCO3)CC2. The van der Waals surface area contributed by atoms with Crippen molar-refractivity contribution in [3.63, 3.8) is 0 Å². The average Bonchev–Trinajstić information content (AvgIpc) is 2.71. The number of aryl methyl sites for hydroxylation is 1. The summed E-state index contributed by atoms with van der Waals surface area (Å²) in [6, 6.07) is 9.78. The third-order valence-electron chi connectivity index (χ3n) is 5.16. The maximum absolute atomic E-state index is 13.0. The van der Waals surface area contributed by atoms with Crippen LogP contribution in [-0.4, -0.2) is 38.2 Å². The van der Waals surface area contributed by atoms with Gasteiger partial charge in [0, 0.05) is 18.7 Å². The summed E-state index contributed by atoms with van der Waals surface area (Å²) in [6.07, 6.45) is 2.79. The summed E-state index contributed by atoms with van der Waals surface area (Å²) >= 11 is 0. The lowest BCUT2D eigenvalue weighted by Crippen LogP contribution is -2.36. The van der Waals surface area contributed by atoms with Gasteiger partial charge in [-0.15, -0.1) is 0 Å². The maximum atomic E-state index is 13.0. The molecule has 0 saturated carbocycles. The molecule has 1 amide bonds. The minimum absolute atomic E-state index is 0.0683. The smallest absolute Gasteiger partial charge is 0.254 e. The molecule has 2 heterocycles. The first-order valence-electron chi connectivity index (χ1n) is 8.98. The Morgan fingerprint density at radius 3 is 2.54 bits per heavy atom. The predicted octanol–water partition coefficient (Wildman–Crippen LogP) is 3.23. The van der Waals surface area contributed by atoms with E-state index in [-0.39, 0.29) is 5.91 Å². The fraction of sp³-hybridized carbons (Fsp3) is 0.381. The van der Waals surface area contributed by atoms with E-state index in [4.69, 9.17) is 14.2 Å². The first-order chi connectivity index (χ1) is 12.7. The number of fused-ring (bicyclic) bond motifs is 2. The number of nitrogens with zero attached hydrogens (tertiary/aromatic N) is 1. The van der Waals surface area contributed by atoms with Crippen LogP contribution in [0.15, 0.2) is 30.3 Å². The monoisotopic (exact) mass is 353 g/mol. The van der Waals surface area contributed by atoms with Crippen LogP contribution in [0, 0.1) is 0 Å². The van der Waals surface area contributed by atoms with Crippen LogP contribution in [0.25, 0.3) is 0 Å². The Balaban J connectivity index is 1.57. The first-order valence-corrected chi connectivity index (χ1v) is 8.98.